The van der Waals surface area contributed by atoms with Crippen LogP contribution in [0.15, 0.2) is 53.4 Å². The number of amides is 2. The molecule has 30 heavy (non-hydrogen) atoms. The number of aryl methyl sites for hydroxylation is 1. The molecule has 0 spiro atoms. The molecule has 0 aromatic heterocycles. The van der Waals surface area contributed by atoms with E-state index >= 15 is 0 Å². The first kappa shape index (κ1) is 24.3. The summed E-state index contributed by atoms with van der Waals surface area (Å²) in [4.78, 5) is 28.8. The van der Waals surface area contributed by atoms with Crippen LogP contribution in [0.3, 0.4) is 0 Å². The van der Waals surface area contributed by atoms with Gasteiger partial charge in [-0.1, -0.05) is 55.3 Å². The molecular weight excluding hydrogens is 416 g/mol. The number of carbonyl (C=O) groups is 2. The number of benzene rings is 2. The Morgan fingerprint density at radius 3 is 2.23 bits per heavy atom. The van der Waals surface area contributed by atoms with E-state index in [1.165, 1.54) is 11.8 Å². The number of halogens is 1. The molecule has 0 bridgehead atoms. The average molecular weight is 447 g/mol. The monoisotopic (exact) mass is 446 g/mol. The minimum Gasteiger partial charge on any atom is -0.352 e. The largest absolute Gasteiger partial charge is 0.352 e. The zero-order chi connectivity index (χ0) is 22.1. The fourth-order valence-electron chi connectivity index (χ4n) is 3.01. The number of nitrogens with one attached hydrogen (secondary N) is 1. The zero-order valence-electron chi connectivity index (χ0n) is 18.2. The van der Waals surface area contributed by atoms with E-state index in [4.69, 9.17) is 11.6 Å². The molecule has 0 heterocycles. The van der Waals surface area contributed by atoms with Crippen molar-refractivity contribution < 1.29 is 9.59 Å². The first-order valence-corrected chi connectivity index (χ1v) is 11.7. The van der Waals surface area contributed by atoms with Gasteiger partial charge in [-0.2, -0.15) is 0 Å². The Bertz CT molecular complexity index is 824. The number of rotatable bonds is 10. The summed E-state index contributed by atoms with van der Waals surface area (Å²) < 4.78 is 0. The molecule has 4 nitrogen and oxygen atoms in total. The minimum atomic E-state index is -0.501. The van der Waals surface area contributed by atoms with Crippen LogP contribution in [0.2, 0.25) is 5.02 Å². The molecule has 6 heteroatoms. The van der Waals surface area contributed by atoms with Gasteiger partial charge in [-0.25, -0.2) is 0 Å². The van der Waals surface area contributed by atoms with Crippen molar-refractivity contribution in [2.24, 2.45) is 0 Å². The number of thioether (sulfide) groups is 1. The summed E-state index contributed by atoms with van der Waals surface area (Å²) in [5, 5.41) is 3.70. The lowest BCUT2D eigenvalue weighted by atomic mass is 10.1. The van der Waals surface area contributed by atoms with E-state index in [-0.39, 0.29) is 23.6 Å². The van der Waals surface area contributed by atoms with Crippen molar-refractivity contribution in [3.8, 4) is 0 Å². The predicted molar refractivity (Wildman–Crippen MR) is 126 cm³/mol. The van der Waals surface area contributed by atoms with Gasteiger partial charge in [0.15, 0.2) is 0 Å². The van der Waals surface area contributed by atoms with Gasteiger partial charge >= 0.3 is 0 Å². The second-order valence-electron chi connectivity index (χ2n) is 7.49. The molecule has 0 unspecified atom stereocenters. The Hall–Kier alpha value is -1.98. The Balaban J connectivity index is 2.19. The fourth-order valence-corrected chi connectivity index (χ4v) is 3.92. The van der Waals surface area contributed by atoms with E-state index in [0.717, 1.165) is 22.4 Å². The maximum absolute atomic E-state index is 13.2. The van der Waals surface area contributed by atoms with Crippen molar-refractivity contribution in [3.05, 3.63) is 64.7 Å². The summed E-state index contributed by atoms with van der Waals surface area (Å²) in [6.45, 7) is 8.40. The van der Waals surface area contributed by atoms with E-state index in [9.17, 15) is 9.59 Å². The molecular formula is C24H31ClN2O2S. The fraction of sp³-hybridized carbons (Fsp3) is 0.417. The van der Waals surface area contributed by atoms with Gasteiger partial charge in [0.25, 0.3) is 0 Å². The molecule has 2 rings (SSSR count). The molecule has 0 saturated carbocycles. The molecule has 0 saturated heterocycles. The van der Waals surface area contributed by atoms with Crippen molar-refractivity contribution in [2.75, 3.05) is 5.75 Å². The topological polar surface area (TPSA) is 49.4 Å². The van der Waals surface area contributed by atoms with Crippen molar-refractivity contribution in [1.82, 2.24) is 10.2 Å². The molecule has 162 valence electrons. The van der Waals surface area contributed by atoms with Crippen LogP contribution >= 0.6 is 23.4 Å². The highest BCUT2D eigenvalue weighted by Crippen LogP contribution is 2.22. The van der Waals surface area contributed by atoms with Gasteiger partial charge in [-0.3, -0.25) is 9.59 Å². The lowest BCUT2D eigenvalue weighted by molar-refractivity contribution is -0.139. The normalized spacial score (nSPS) is 12.8. The second kappa shape index (κ2) is 12.0. The van der Waals surface area contributed by atoms with Gasteiger partial charge < -0.3 is 10.2 Å². The highest BCUT2D eigenvalue weighted by Gasteiger charge is 2.29. The number of nitrogens with zero attached hydrogens (tertiary/aromatic N) is 1. The van der Waals surface area contributed by atoms with Crippen LogP contribution in [0.25, 0.3) is 0 Å². The van der Waals surface area contributed by atoms with Crippen LogP contribution in [0.5, 0.6) is 0 Å². The van der Waals surface area contributed by atoms with Gasteiger partial charge in [0.05, 0.1) is 5.75 Å². The van der Waals surface area contributed by atoms with Gasteiger partial charge in [0.2, 0.25) is 11.8 Å². The van der Waals surface area contributed by atoms with E-state index in [2.05, 4.69) is 5.32 Å². The lowest BCUT2D eigenvalue weighted by Crippen LogP contribution is -2.51. The molecule has 2 atom stereocenters. The number of hydrogen-bond donors (Lipinski definition) is 1. The molecule has 0 radical (unpaired) electrons. The van der Waals surface area contributed by atoms with E-state index in [1.807, 2.05) is 76.2 Å². The third-order valence-corrected chi connectivity index (χ3v) is 6.29. The Morgan fingerprint density at radius 2 is 1.67 bits per heavy atom. The van der Waals surface area contributed by atoms with Crippen LogP contribution in [0, 0.1) is 6.92 Å². The van der Waals surface area contributed by atoms with Crippen LogP contribution < -0.4 is 5.32 Å². The SMILES string of the molecule is CC[C@@H](C)NC(=O)[C@@H](CC)N(Cc1ccc(C)cc1)C(=O)CSc1ccc(Cl)cc1. The third kappa shape index (κ3) is 7.37. The van der Waals surface area contributed by atoms with Gasteiger partial charge in [-0.15, -0.1) is 11.8 Å². The van der Waals surface area contributed by atoms with Gasteiger partial charge in [0, 0.05) is 22.5 Å². The Labute approximate surface area is 189 Å². The molecule has 0 fully saturated rings. The smallest absolute Gasteiger partial charge is 0.243 e. The van der Waals surface area contributed by atoms with Crippen molar-refractivity contribution in [3.63, 3.8) is 0 Å². The highest BCUT2D eigenvalue weighted by atomic mass is 35.5. The van der Waals surface area contributed by atoms with Crippen LogP contribution in [-0.2, 0) is 16.1 Å². The number of carbonyl (C=O) groups excluding carboxylic acids is 2. The average Bonchev–Trinajstić information content (AvgIpc) is 2.74. The predicted octanol–water partition coefficient (Wildman–Crippen LogP) is 5.46. The standard InChI is InChI=1S/C24H31ClN2O2S/c1-5-18(4)26-24(29)22(6-2)27(15-19-9-7-17(3)8-10-19)23(28)16-30-21-13-11-20(25)12-14-21/h7-14,18,22H,5-6,15-16H2,1-4H3,(H,26,29)/t18-,22-/m1/s1. The summed E-state index contributed by atoms with van der Waals surface area (Å²) in [6.07, 6.45) is 1.41. The van der Waals surface area contributed by atoms with Crippen LogP contribution in [0.4, 0.5) is 0 Å². The second-order valence-corrected chi connectivity index (χ2v) is 8.98. The first-order valence-electron chi connectivity index (χ1n) is 10.4. The summed E-state index contributed by atoms with van der Waals surface area (Å²) in [7, 11) is 0. The van der Waals surface area contributed by atoms with Crippen LogP contribution in [-0.4, -0.2) is 34.6 Å². The van der Waals surface area contributed by atoms with E-state index in [0.29, 0.717) is 18.0 Å². The van der Waals surface area contributed by atoms with E-state index in [1.54, 1.807) is 4.90 Å². The van der Waals surface area contributed by atoms with Crippen molar-refractivity contribution in [2.45, 2.75) is 64.1 Å². The molecule has 1 N–H and O–H groups in total. The molecule has 2 amide bonds. The maximum Gasteiger partial charge on any atom is 0.243 e. The summed E-state index contributed by atoms with van der Waals surface area (Å²) in [5.41, 5.74) is 2.18. The van der Waals surface area contributed by atoms with Crippen molar-refractivity contribution in [1.29, 1.82) is 0 Å². The zero-order valence-corrected chi connectivity index (χ0v) is 19.7. The molecule has 2 aromatic rings. The molecule has 0 aliphatic rings. The third-order valence-electron chi connectivity index (χ3n) is 5.04. The summed E-state index contributed by atoms with van der Waals surface area (Å²) in [6, 6.07) is 15.1. The highest BCUT2D eigenvalue weighted by molar-refractivity contribution is 8.00. The Kier molecular flexibility index (Phi) is 9.73. The molecule has 0 aliphatic heterocycles. The summed E-state index contributed by atoms with van der Waals surface area (Å²) in [5.74, 6) is 0.117. The van der Waals surface area contributed by atoms with Gasteiger partial charge in [-0.05, 0) is 56.5 Å². The Morgan fingerprint density at radius 1 is 1.03 bits per heavy atom. The maximum atomic E-state index is 13.2. The van der Waals surface area contributed by atoms with Crippen molar-refractivity contribution >= 4 is 35.2 Å². The lowest BCUT2D eigenvalue weighted by Gasteiger charge is -2.31. The molecule has 0 aliphatic carbocycles. The van der Waals surface area contributed by atoms with E-state index < -0.39 is 6.04 Å². The van der Waals surface area contributed by atoms with Crippen LogP contribution in [0.1, 0.15) is 44.7 Å². The minimum absolute atomic E-state index is 0.0540. The summed E-state index contributed by atoms with van der Waals surface area (Å²) >= 11 is 7.40. The molecule has 2 aromatic carbocycles. The first-order chi connectivity index (χ1) is 14.3. The quantitative estimate of drug-likeness (QED) is 0.493. The number of hydrogen-bond acceptors (Lipinski definition) is 3. The van der Waals surface area contributed by atoms with Gasteiger partial charge in [0.1, 0.15) is 6.04 Å².